The van der Waals surface area contributed by atoms with Gasteiger partial charge in [-0.3, -0.25) is 4.79 Å². The number of carboxylic acid groups (broad SMARTS) is 1. The fraction of sp³-hybridized carbons (Fsp3) is 0.500. The van der Waals surface area contributed by atoms with Gasteiger partial charge in [0.05, 0.1) is 31.5 Å². The van der Waals surface area contributed by atoms with Crippen molar-refractivity contribution in [2.75, 3.05) is 13.2 Å². The maximum atomic E-state index is 12.6. The molecule has 1 fully saturated rings. The SMILES string of the molecule is CC=C1[C@H](O[C@@H]2O[C@H](CO)[C@@H](O)[C@H](O)[C@H]2O)OC=C(C(=O)O)[C@@H]1CC(=O)OCCc1ccc(O)c(O)c1. The second kappa shape index (κ2) is 12.4. The summed E-state index contributed by atoms with van der Waals surface area (Å²) < 4.78 is 21.6. The van der Waals surface area contributed by atoms with E-state index in [-0.39, 0.29) is 35.7 Å². The third-order valence-corrected chi connectivity index (χ3v) is 6.12. The average Bonchev–Trinajstić information content (AvgIpc) is 2.86. The largest absolute Gasteiger partial charge is 0.504 e. The van der Waals surface area contributed by atoms with E-state index in [4.69, 9.17) is 18.9 Å². The van der Waals surface area contributed by atoms with Crippen molar-refractivity contribution in [2.45, 2.75) is 56.8 Å². The van der Waals surface area contributed by atoms with E-state index in [0.717, 1.165) is 6.26 Å². The van der Waals surface area contributed by atoms with Crippen LogP contribution in [0.5, 0.6) is 11.5 Å². The van der Waals surface area contributed by atoms with E-state index in [2.05, 4.69) is 0 Å². The quantitative estimate of drug-likeness (QED) is 0.120. The van der Waals surface area contributed by atoms with Crippen LogP contribution >= 0.6 is 0 Å². The van der Waals surface area contributed by atoms with E-state index in [0.29, 0.717) is 5.56 Å². The van der Waals surface area contributed by atoms with Crippen molar-refractivity contribution in [2.24, 2.45) is 5.92 Å². The number of aliphatic hydroxyl groups excluding tert-OH is 4. The summed E-state index contributed by atoms with van der Waals surface area (Å²) in [5, 5.41) is 68.1. The number of carbonyl (C=O) groups excluding carboxylic acids is 1. The monoisotopic (exact) mass is 526 g/mol. The number of hydrogen-bond donors (Lipinski definition) is 7. The highest BCUT2D eigenvalue weighted by atomic mass is 16.8. The first kappa shape index (κ1) is 28.4. The lowest BCUT2D eigenvalue weighted by atomic mass is 9.86. The number of phenols is 2. The molecule has 3 rings (SSSR count). The molecule has 1 saturated heterocycles. The van der Waals surface area contributed by atoms with Crippen LogP contribution in [0.3, 0.4) is 0 Å². The normalized spacial score (nSPS) is 30.9. The molecule has 0 spiro atoms. The Balaban J connectivity index is 1.68. The van der Waals surface area contributed by atoms with Gasteiger partial charge in [-0.05, 0) is 24.6 Å². The molecule has 0 aliphatic carbocycles. The first-order valence-electron chi connectivity index (χ1n) is 11.4. The molecule has 0 saturated carbocycles. The Bertz CT molecular complexity index is 1030. The number of carbonyl (C=O) groups is 2. The number of carboxylic acids is 1. The summed E-state index contributed by atoms with van der Waals surface area (Å²) in [6.07, 6.45) is -6.90. The number of aliphatic hydroxyl groups is 4. The lowest BCUT2D eigenvalue weighted by molar-refractivity contribution is -0.327. The number of phenolic OH excluding ortho intramolecular Hbond substituents is 2. The van der Waals surface area contributed by atoms with Gasteiger partial charge in [-0.25, -0.2) is 4.79 Å². The molecular formula is C24H30O13. The standard InChI is InChI=1S/C24H30O13/c1-2-12-13(8-18(28)34-6-5-11-3-4-15(26)16(27)7-11)14(22(32)33)10-35-23(12)37-24-21(31)20(30)19(29)17(9-25)36-24/h2-4,7,10,13,17,19-21,23-27,29-31H,5-6,8-9H2,1H3,(H,32,33)/t13-,17-,19-,20+,21-,23+,24+/m1/s1. The fourth-order valence-corrected chi connectivity index (χ4v) is 4.05. The molecule has 2 aliphatic heterocycles. The zero-order valence-corrected chi connectivity index (χ0v) is 19.8. The van der Waals surface area contributed by atoms with Gasteiger partial charge < -0.3 is 54.7 Å². The van der Waals surface area contributed by atoms with Gasteiger partial charge in [0, 0.05) is 17.9 Å². The molecule has 37 heavy (non-hydrogen) atoms. The highest BCUT2D eigenvalue weighted by Crippen LogP contribution is 2.36. The van der Waals surface area contributed by atoms with Crippen molar-refractivity contribution < 1.29 is 64.3 Å². The van der Waals surface area contributed by atoms with Crippen LogP contribution in [0.25, 0.3) is 0 Å². The Morgan fingerprint density at radius 3 is 2.43 bits per heavy atom. The molecule has 13 heteroatoms. The highest BCUT2D eigenvalue weighted by Gasteiger charge is 2.46. The van der Waals surface area contributed by atoms with Crippen molar-refractivity contribution in [3.05, 3.63) is 47.2 Å². The Kier molecular flexibility index (Phi) is 9.48. The highest BCUT2D eigenvalue weighted by molar-refractivity contribution is 5.89. The van der Waals surface area contributed by atoms with Crippen LogP contribution in [0.15, 0.2) is 41.7 Å². The summed E-state index contributed by atoms with van der Waals surface area (Å²) in [6.45, 7) is 0.811. The summed E-state index contributed by atoms with van der Waals surface area (Å²) in [4.78, 5) is 24.4. The topological polar surface area (TPSA) is 213 Å². The van der Waals surface area contributed by atoms with E-state index in [9.17, 15) is 45.3 Å². The van der Waals surface area contributed by atoms with Gasteiger partial charge in [-0.15, -0.1) is 0 Å². The Morgan fingerprint density at radius 2 is 1.81 bits per heavy atom. The number of hydrogen-bond acceptors (Lipinski definition) is 12. The predicted molar refractivity (Wildman–Crippen MR) is 122 cm³/mol. The molecule has 0 unspecified atom stereocenters. The van der Waals surface area contributed by atoms with E-state index in [1.807, 2.05) is 0 Å². The molecule has 13 nitrogen and oxygen atoms in total. The number of benzene rings is 1. The van der Waals surface area contributed by atoms with Crippen LogP contribution in [0.4, 0.5) is 0 Å². The predicted octanol–water partition coefficient (Wildman–Crippen LogP) is -0.723. The number of aromatic hydroxyl groups is 2. The average molecular weight is 526 g/mol. The first-order chi connectivity index (χ1) is 17.6. The molecule has 204 valence electrons. The summed E-state index contributed by atoms with van der Waals surface area (Å²) >= 11 is 0. The molecule has 7 N–H and O–H groups in total. The second-order valence-corrected chi connectivity index (χ2v) is 8.52. The van der Waals surface area contributed by atoms with E-state index >= 15 is 0 Å². The van der Waals surface area contributed by atoms with E-state index in [1.165, 1.54) is 18.2 Å². The Labute approximate surface area is 211 Å². The van der Waals surface area contributed by atoms with E-state index in [1.54, 1.807) is 13.0 Å². The van der Waals surface area contributed by atoms with Crippen LogP contribution < -0.4 is 0 Å². The van der Waals surface area contributed by atoms with Crippen LogP contribution in [-0.2, 0) is 35.0 Å². The molecule has 2 aliphatic rings. The van der Waals surface area contributed by atoms with Crippen molar-refractivity contribution >= 4 is 11.9 Å². The first-order valence-corrected chi connectivity index (χ1v) is 11.4. The summed E-state index contributed by atoms with van der Waals surface area (Å²) in [6, 6.07) is 4.17. The summed E-state index contributed by atoms with van der Waals surface area (Å²) in [5.41, 5.74) is 0.557. The second-order valence-electron chi connectivity index (χ2n) is 8.52. The zero-order chi connectivity index (χ0) is 27.3. The molecule has 0 amide bonds. The van der Waals surface area contributed by atoms with Gasteiger partial charge in [-0.1, -0.05) is 12.1 Å². The lowest BCUT2D eigenvalue weighted by Gasteiger charge is -2.41. The van der Waals surface area contributed by atoms with Gasteiger partial charge in [0.15, 0.2) is 17.8 Å². The Hall–Kier alpha value is -3.20. The van der Waals surface area contributed by atoms with Crippen LogP contribution in [-0.4, -0.2) is 97.9 Å². The third kappa shape index (κ3) is 6.57. The smallest absolute Gasteiger partial charge is 0.335 e. The van der Waals surface area contributed by atoms with Crippen molar-refractivity contribution in [3.8, 4) is 11.5 Å². The van der Waals surface area contributed by atoms with Gasteiger partial charge in [-0.2, -0.15) is 0 Å². The minimum atomic E-state index is -1.72. The van der Waals surface area contributed by atoms with Crippen LogP contribution in [0.1, 0.15) is 18.9 Å². The number of esters is 1. The number of rotatable bonds is 9. The minimum absolute atomic E-state index is 0.0750. The Morgan fingerprint density at radius 1 is 1.08 bits per heavy atom. The molecule has 0 bridgehead atoms. The fourth-order valence-electron chi connectivity index (χ4n) is 4.05. The molecule has 7 atom stereocenters. The van der Waals surface area contributed by atoms with E-state index < -0.39 is 67.9 Å². The van der Waals surface area contributed by atoms with Crippen molar-refractivity contribution in [3.63, 3.8) is 0 Å². The van der Waals surface area contributed by atoms with Crippen molar-refractivity contribution in [1.29, 1.82) is 0 Å². The zero-order valence-electron chi connectivity index (χ0n) is 19.8. The maximum absolute atomic E-state index is 12.6. The molecule has 1 aromatic carbocycles. The molecule has 1 aromatic rings. The maximum Gasteiger partial charge on any atom is 0.335 e. The molecule has 2 heterocycles. The minimum Gasteiger partial charge on any atom is -0.504 e. The molecule has 0 radical (unpaired) electrons. The van der Waals surface area contributed by atoms with Crippen LogP contribution in [0, 0.1) is 5.92 Å². The van der Waals surface area contributed by atoms with Gasteiger partial charge in [0.2, 0.25) is 6.29 Å². The molecular weight excluding hydrogens is 496 g/mol. The van der Waals surface area contributed by atoms with Crippen LogP contribution in [0.2, 0.25) is 0 Å². The van der Waals surface area contributed by atoms with Crippen molar-refractivity contribution in [1.82, 2.24) is 0 Å². The van der Waals surface area contributed by atoms with Gasteiger partial charge in [0.1, 0.15) is 24.4 Å². The summed E-state index contributed by atoms with van der Waals surface area (Å²) in [5.74, 6) is -3.70. The summed E-state index contributed by atoms with van der Waals surface area (Å²) in [7, 11) is 0. The van der Waals surface area contributed by atoms with Gasteiger partial charge in [0.25, 0.3) is 0 Å². The molecule has 0 aromatic heterocycles. The van der Waals surface area contributed by atoms with Gasteiger partial charge >= 0.3 is 11.9 Å². The number of ether oxygens (including phenoxy) is 4. The third-order valence-electron chi connectivity index (χ3n) is 6.12. The number of aliphatic carboxylic acids is 1. The number of allylic oxidation sites excluding steroid dienone is 1. The lowest BCUT2D eigenvalue weighted by Crippen LogP contribution is -2.60.